The molecule has 3 heterocycles. The lowest BCUT2D eigenvalue weighted by Gasteiger charge is -2.33. The number of carbonyl (C=O) groups excluding carboxylic acids is 1. The Morgan fingerprint density at radius 2 is 1.54 bits per heavy atom. The van der Waals surface area contributed by atoms with Crippen LogP contribution in [0, 0.1) is 12.7 Å². The third kappa shape index (κ3) is 6.07. The Morgan fingerprint density at radius 3 is 2.03 bits per heavy atom. The zero-order valence-corrected chi connectivity index (χ0v) is 23.0. The van der Waals surface area contributed by atoms with Gasteiger partial charge in [0.15, 0.2) is 6.29 Å². The lowest BCUT2D eigenvalue weighted by atomic mass is 9.88. The molecule has 6 heteroatoms. The van der Waals surface area contributed by atoms with Crippen LogP contribution in [0.1, 0.15) is 73.1 Å². The molecule has 0 radical (unpaired) electrons. The van der Waals surface area contributed by atoms with Crippen molar-refractivity contribution in [3.05, 3.63) is 65.1 Å². The summed E-state index contributed by atoms with van der Waals surface area (Å²) in [5.74, 6) is 0.428. The fraction of sp³-hybridized carbons (Fsp3) is 0.516. The van der Waals surface area contributed by atoms with Crippen LogP contribution in [0.4, 0.5) is 10.1 Å². The highest BCUT2D eigenvalue weighted by Gasteiger charge is 2.27. The van der Waals surface area contributed by atoms with E-state index in [1.807, 2.05) is 7.05 Å². The number of benzene rings is 2. The van der Waals surface area contributed by atoms with Gasteiger partial charge in [-0.05, 0) is 100 Å². The third-order valence-corrected chi connectivity index (χ3v) is 8.41. The molecule has 200 valence electrons. The highest BCUT2D eigenvalue weighted by molar-refractivity contribution is 6.01. The Bertz CT molecular complexity index is 1160. The van der Waals surface area contributed by atoms with E-state index < -0.39 is 0 Å². The van der Waals surface area contributed by atoms with Crippen LogP contribution in [0.25, 0.3) is 10.9 Å². The van der Waals surface area contributed by atoms with Gasteiger partial charge in [0.05, 0.1) is 11.2 Å². The van der Waals surface area contributed by atoms with Gasteiger partial charge in [-0.25, -0.2) is 4.39 Å². The molecule has 2 saturated heterocycles. The number of hydrogen-bond acceptors (Lipinski definition) is 4. The molecule has 0 atom stereocenters. The lowest BCUT2D eigenvalue weighted by Crippen LogP contribution is -2.34. The number of carbonyl (C=O) groups is 1. The van der Waals surface area contributed by atoms with Gasteiger partial charge in [-0.15, -0.1) is 0 Å². The zero-order chi connectivity index (χ0) is 26.4. The van der Waals surface area contributed by atoms with Crippen LogP contribution in [0.3, 0.4) is 0 Å². The molecule has 2 fully saturated rings. The van der Waals surface area contributed by atoms with Crippen LogP contribution in [0.5, 0.6) is 0 Å². The normalized spacial score (nSPS) is 18.0. The molecule has 0 bridgehead atoms. The van der Waals surface area contributed by atoms with E-state index in [-0.39, 0.29) is 5.82 Å². The van der Waals surface area contributed by atoms with E-state index in [0.717, 1.165) is 56.6 Å². The van der Waals surface area contributed by atoms with Crippen molar-refractivity contribution in [3.8, 4) is 0 Å². The molecule has 0 saturated carbocycles. The van der Waals surface area contributed by atoms with Crippen molar-refractivity contribution in [1.29, 1.82) is 0 Å². The second-order valence-corrected chi connectivity index (χ2v) is 10.4. The van der Waals surface area contributed by atoms with Crippen molar-refractivity contribution in [3.63, 3.8) is 0 Å². The number of nitrogens with zero attached hydrogens (tertiary/aromatic N) is 3. The number of rotatable bonds is 6. The van der Waals surface area contributed by atoms with Crippen molar-refractivity contribution in [2.75, 3.05) is 51.6 Å². The maximum atomic E-state index is 12.2. The number of halogens is 1. The van der Waals surface area contributed by atoms with E-state index in [1.165, 1.54) is 60.2 Å². The first kappa shape index (κ1) is 27.3. The molecular formula is C31H43FN4O. The van der Waals surface area contributed by atoms with Crippen LogP contribution in [-0.2, 0) is 0 Å². The number of likely N-dealkylation sites (tertiary alicyclic amines) is 2. The molecule has 1 aromatic heterocycles. The first-order valence-electron chi connectivity index (χ1n) is 14.0. The summed E-state index contributed by atoms with van der Waals surface area (Å²) in [6.45, 7) is 13.5. The van der Waals surface area contributed by atoms with E-state index in [1.54, 1.807) is 18.2 Å². The Hall–Kier alpha value is -2.70. The minimum atomic E-state index is -0.178. The van der Waals surface area contributed by atoms with Crippen molar-refractivity contribution < 1.29 is 9.18 Å². The van der Waals surface area contributed by atoms with E-state index in [0.29, 0.717) is 12.0 Å². The molecule has 0 amide bonds. The first-order valence-corrected chi connectivity index (χ1v) is 14.0. The van der Waals surface area contributed by atoms with Crippen molar-refractivity contribution in [2.24, 2.45) is 0 Å². The van der Waals surface area contributed by atoms with Gasteiger partial charge in [0.25, 0.3) is 0 Å². The van der Waals surface area contributed by atoms with Gasteiger partial charge in [-0.2, -0.15) is 0 Å². The summed E-state index contributed by atoms with van der Waals surface area (Å²) in [6.07, 6.45) is 5.76. The molecule has 5 nitrogen and oxygen atoms in total. The molecule has 1 N–H and O–H groups in total. The summed E-state index contributed by atoms with van der Waals surface area (Å²) >= 11 is 0. The predicted octanol–water partition coefficient (Wildman–Crippen LogP) is 6.49. The molecule has 0 unspecified atom stereocenters. The summed E-state index contributed by atoms with van der Waals surface area (Å²) in [5.41, 5.74) is 5.85. The van der Waals surface area contributed by atoms with Gasteiger partial charge in [0.1, 0.15) is 5.82 Å². The number of anilines is 1. The summed E-state index contributed by atoms with van der Waals surface area (Å²) in [4.78, 5) is 17.2. The number of aldehydes is 1. The Balaban J connectivity index is 0.000000396. The summed E-state index contributed by atoms with van der Waals surface area (Å²) in [5, 5.41) is 4.68. The number of fused-ring (bicyclic) bond motifs is 1. The predicted molar refractivity (Wildman–Crippen MR) is 152 cm³/mol. The number of hydrogen-bond donors (Lipinski definition) is 1. The number of nitrogens with one attached hydrogen (secondary N) is 1. The maximum Gasteiger partial charge on any atom is 0.166 e. The van der Waals surface area contributed by atoms with Crippen molar-refractivity contribution >= 4 is 22.9 Å². The SMILES string of the molecule is CCN1CCC(c2cc(NC)c3c(C)c(C=O)n(C4CCN(CC)CC4)c3c2)CC1.Fc1ccccc1. The molecule has 3 aromatic rings. The van der Waals surface area contributed by atoms with Gasteiger partial charge < -0.3 is 19.7 Å². The number of aryl methyl sites for hydroxylation is 1. The monoisotopic (exact) mass is 506 g/mol. The highest BCUT2D eigenvalue weighted by Crippen LogP contribution is 2.40. The van der Waals surface area contributed by atoms with Crippen LogP contribution < -0.4 is 5.32 Å². The molecular weight excluding hydrogens is 463 g/mol. The summed E-state index contributed by atoms with van der Waals surface area (Å²) in [6, 6.07) is 13.1. The van der Waals surface area contributed by atoms with E-state index in [9.17, 15) is 9.18 Å². The standard InChI is InChI=1S/C25H38N4O.C6H5F/c1-5-27-11-7-19(8-12-27)20-15-22(26-4)25-18(3)24(17-30)29(23(25)16-20)21-9-13-28(6-2)14-10-21;7-6-4-2-1-3-5-6/h15-17,19,21,26H,5-14H2,1-4H3;1-5H. The Morgan fingerprint density at radius 1 is 0.946 bits per heavy atom. The molecule has 2 aliphatic rings. The van der Waals surface area contributed by atoms with E-state index in [4.69, 9.17) is 0 Å². The summed E-state index contributed by atoms with van der Waals surface area (Å²) < 4.78 is 14.3. The van der Waals surface area contributed by atoms with Crippen LogP contribution in [-0.4, -0.2) is 67.0 Å². The molecule has 0 spiro atoms. The minimum absolute atomic E-state index is 0.178. The van der Waals surface area contributed by atoms with E-state index in [2.05, 4.69) is 52.6 Å². The number of aromatic nitrogens is 1. The number of piperidine rings is 2. The molecule has 0 aliphatic carbocycles. The average Bonchev–Trinajstić information content (AvgIpc) is 3.24. The fourth-order valence-electron chi connectivity index (χ4n) is 6.13. The summed E-state index contributed by atoms with van der Waals surface area (Å²) in [7, 11) is 2.01. The van der Waals surface area contributed by atoms with Gasteiger partial charge in [0, 0.05) is 37.3 Å². The van der Waals surface area contributed by atoms with Crippen LogP contribution >= 0.6 is 0 Å². The fourth-order valence-corrected chi connectivity index (χ4v) is 6.13. The second-order valence-electron chi connectivity index (χ2n) is 10.4. The third-order valence-electron chi connectivity index (χ3n) is 8.41. The Kier molecular flexibility index (Phi) is 9.38. The van der Waals surface area contributed by atoms with Crippen LogP contribution in [0.2, 0.25) is 0 Å². The quantitative estimate of drug-likeness (QED) is 0.388. The molecule has 37 heavy (non-hydrogen) atoms. The van der Waals surface area contributed by atoms with Crippen LogP contribution in [0.15, 0.2) is 42.5 Å². The van der Waals surface area contributed by atoms with Gasteiger partial charge in [-0.1, -0.05) is 32.0 Å². The van der Waals surface area contributed by atoms with Gasteiger partial charge in [0.2, 0.25) is 0 Å². The maximum absolute atomic E-state index is 12.2. The zero-order valence-electron chi connectivity index (χ0n) is 23.0. The molecule has 2 aromatic carbocycles. The molecule has 5 rings (SSSR count). The second kappa shape index (κ2) is 12.7. The average molecular weight is 507 g/mol. The topological polar surface area (TPSA) is 40.5 Å². The first-order chi connectivity index (χ1) is 18.0. The smallest absolute Gasteiger partial charge is 0.166 e. The minimum Gasteiger partial charge on any atom is -0.388 e. The van der Waals surface area contributed by atoms with Crippen molar-refractivity contribution in [2.45, 2.75) is 58.4 Å². The van der Waals surface area contributed by atoms with E-state index >= 15 is 0 Å². The van der Waals surface area contributed by atoms with Gasteiger partial charge >= 0.3 is 0 Å². The van der Waals surface area contributed by atoms with Gasteiger partial charge in [-0.3, -0.25) is 4.79 Å². The van der Waals surface area contributed by atoms with Crippen molar-refractivity contribution in [1.82, 2.24) is 14.4 Å². The molecule has 2 aliphatic heterocycles. The largest absolute Gasteiger partial charge is 0.388 e. The lowest BCUT2D eigenvalue weighted by molar-refractivity contribution is 0.110. The highest BCUT2D eigenvalue weighted by atomic mass is 19.1. The Labute approximate surface area is 221 Å².